The number of methoxy groups -OCH3 is 4. The average Bonchev–Trinajstić information content (AvgIpc) is 3.09. The van der Waals surface area contributed by atoms with Gasteiger partial charge >= 0.3 is 0 Å². The summed E-state index contributed by atoms with van der Waals surface area (Å²) in [5.41, 5.74) is 0.786. The van der Waals surface area contributed by atoms with Gasteiger partial charge in [0, 0.05) is 29.7 Å². The van der Waals surface area contributed by atoms with E-state index in [1.807, 2.05) is 0 Å². The van der Waals surface area contributed by atoms with Crippen molar-refractivity contribution in [1.82, 2.24) is 10.2 Å². The van der Waals surface area contributed by atoms with Crippen molar-refractivity contribution < 1.29 is 37.0 Å². The molecule has 2 amide bonds. The zero-order valence-electron chi connectivity index (χ0n) is 27.3. The molecule has 1 aliphatic carbocycles. The van der Waals surface area contributed by atoms with Crippen LogP contribution in [0.2, 0.25) is 5.02 Å². The Hall–Kier alpha value is -4.16. The Kier molecular flexibility index (Phi) is 12.2. The van der Waals surface area contributed by atoms with Gasteiger partial charge in [0.1, 0.15) is 24.1 Å². The van der Waals surface area contributed by atoms with Gasteiger partial charge in [-0.2, -0.15) is 0 Å². The van der Waals surface area contributed by atoms with E-state index in [0.29, 0.717) is 22.1 Å². The van der Waals surface area contributed by atoms with Gasteiger partial charge in [0.15, 0.2) is 11.5 Å². The number of sulfonamides is 1. The lowest BCUT2D eigenvalue weighted by Crippen LogP contribution is -2.53. The fourth-order valence-electron chi connectivity index (χ4n) is 5.55. The fraction of sp³-hybridized carbons (Fsp3) is 0.412. The first-order valence-electron chi connectivity index (χ1n) is 15.3. The van der Waals surface area contributed by atoms with Crippen molar-refractivity contribution in [2.45, 2.75) is 62.6 Å². The molecule has 47 heavy (non-hydrogen) atoms. The Morgan fingerprint density at radius 2 is 1.49 bits per heavy atom. The number of nitrogens with zero attached hydrogens (tertiary/aromatic N) is 2. The van der Waals surface area contributed by atoms with Gasteiger partial charge in [-0.05, 0) is 61.7 Å². The summed E-state index contributed by atoms with van der Waals surface area (Å²) in [5.74, 6) is 0.136. The van der Waals surface area contributed by atoms with Crippen molar-refractivity contribution in [3.63, 3.8) is 0 Å². The number of hydrogen-bond acceptors (Lipinski definition) is 8. The minimum atomic E-state index is -4.45. The van der Waals surface area contributed by atoms with Crippen LogP contribution in [0.3, 0.4) is 0 Å². The number of ether oxygens (including phenoxy) is 4. The molecule has 1 aliphatic rings. The second kappa shape index (κ2) is 16.1. The quantitative estimate of drug-likeness (QED) is 0.238. The van der Waals surface area contributed by atoms with Crippen LogP contribution in [0.1, 0.15) is 44.6 Å². The molecule has 0 aliphatic heterocycles. The zero-order chi connectivity index (χ0) is 34.1. The standard InChI is InChI=1S/C34H42ClN3O8S/c1-23(34(40)36-26-9-7-6-8-10-26)37(21-24-11-13-25(35)14-12-24)33(39)22-38(29-19-27(43-2)15-17-30(29)44-3)47(41,42)28-16-18-31(45-4)32(20-28)46-5/h11-20,23,26H,6-10,21-22H2,1-5H3,(H,36,40)/t23-/m0/s1. The molecule has 3 aromatic carbocycles. The van der Waals surface area contributed by atoms with Crippen LogP contribution in [0.5, 0.6) is 23.0 Å². The van der Waals surface area contributed by atoms with E-state index in [-0.39, 0.29) is 40.6 Å². The first-order chi connectivity index (χ1) is 22.5. The van der Waals surface area contributed by atoms with Crippen molar-refractivity contribution in [2.24, 2.45) is 0 Å². The zero-order valence-corrected chi connectivity index (χ0v) is 28.9. The topological polar surface area (TPSA) is 124 Å². The lowest BCUT2D eigenvalue weighted by Gasteiger charge is -2.33. The summed E-state index contributed by atoms with van der Waals surface area (Å²) >= 11 is 6.11. The number of benzene rings is 3. The molecule has 0 unspecified atom stereocenters. The molecule has 0 spiro atoms. The SMILES string of the molecule is COc1ccc(OC)c(N(CC(=O)N(Cc2ccc(Cl)cc2)[C@@H](C)C(=O)NC2CCCCC2)S(=O)(=O)c2ccc(OC)c(OC)c2)c1. The van der Waals surface area contributed by atoms with Crippen LogP contribution in [0, 0.1) is 0 Å². The molecule has 0 saturated heterocycles. The molecule has 1 N–H and O–H groups in total. The van der Waals surface area contributed by atoms with Crippen LogP contribution in [-0.4, -0.2) is 72.2 Å². The van der Waals surface area contributed by atoms with E-state index in [4.69, 9.17) is 30.5 Å². The maximum Gasteiger partial charge on any atom is 0.265 e. The second-order valence-corrected chi connectivity index (χ2v) is 13.5. The van der Waals surface area contributed by atoms with E-state index in [1.54, 1.807) is 43.3 Å². The lowest BCUT2D eigenvalue weighted by molar-refractivity contribution is -0.139. The van der Waals surface area contributed by atoms with Crippen LogP contribution >= 0.6 is 11.6 Å². The van der Waals surface area contributed by atoms with Gasteiger partial charge in [0.05, 0.1) is 39.0 Å². The number of carbonyl (C=O) groups is 2. The number of anilines is 1. The molecule has 1 saturated carbocycles. The highest BCUT2D eigenvalue weighted by atomic mass is 35.5. The molecule has 0 heterocycles. The molecule has 13 heteroatoms. The third kappa shape index (κ3) is 8.61. The third-order valence-electron chi connectivity index (χ3n) is 8.26. The van der Waals surface area contributed by atoms with Crippen molar-refractivity contribution in [1.29, 1.82) is 0 Å². The predicted octanol–water partition coefficient (Wildman–Crippen LogP) is 5.44. The number of amides is 2. The van der Waals surface area contributed by atoms with Crippen LogP contribution < -0.4 is 28.6 Å². The fourth-order valence-corrected chi connectivity index (χ4v) is 7.11. The van der Waals surface area contributed by atoms with Crippen LogP contribution in [-0.2, 0) is 26.2 Å². The highest BCUT2D eigenvalue weighted by Crippen LogP contribution is 2.38. The van der Waals surface area contributed by atoms with Crippen LogP contribution in [0.25, 0.3) is 0 Å². The second-order valence-electron chi connectivity index (χ2n) is 11.2. The summed E-state index contributed by atoms with van der Waals surface area (Å²) in [7, 11) is 1.24. The largest absolute Gasteiger partial charge is 0.497 e. The van der Waals surface area contributed by atoms with Crippen molar-refractivity contribution >= 4 is 39.1 Å². The van der Waals surface area contributed by atoms with Crippen molar-refractivity contribution in [2.75, 3.05) is 39.3 Å². The summed E-state index contributed by atoms with van der Waals surface area (Å²) in [5, 5.41) is 3.62. The highest BCUT2D eigenvalue weighted by molar-refractivity contribution is 7.92. The van der Waals surface area contributed by atoms with Crippen LogP contribution in [0.4, 0.5) is 5.69 Å². The Morgan fingerprint density at radius 3 is 2.11 bits per heavy atom. The summed E-state index contributed by atoms with van der Waals surface area (Å²) in [6.07, 6.45) is 4.92. The molecule has 0 radical (unpaired) electrons. The molecule has 1 atom stereocenters. The number of nitrogens with one attached hydrogen (secondary N) is 1. The maximum absolute atomic E-state index is 14.5. The Labute approximate surface area is 281 Å². The van der Waals surface area contributed by atoms with Crippen molar-refractivity contribution in [3.8, 4) is 23.0 Å². The molecule has 1 fully saturated rings. The third-order valence-corrected chi connectivity index (χ3v) is 10.3. The Bertz CT molecular complexity index is 1650. The summed E-state index contributed by atoms with van der Waals surface area (Å²) in [6, 6.07) is 14.8. The minimum absolute atomic E-state index is 0.0224. The van der Waals surface area contributed by atoms with E-state index >= 15 is 0 Å². The van der Waals surface area contributed by atoms with Gasteiger partial charge in [0.2, 0.25) is 11.8 Å². The summed E-state index contributed by atoms with van der Waals surface area (Å²) < 4.78 is 51.5. The number of rotatable bonds is 14. The average molecular weight is 688 g/mol. The number of halogens is 1. The van der Waals surface area contributed by atoms with E-state index in [1.165, 1.54) is 57.6 Å². The van der Waals surface area contributed by atoms with Gasteiger partial charge in [-0.1, -0.05) is 43.0 Å². The first-order valence-corrected chi connectivity index (χ1v) is 17.1. The van der Waals surface area contributed by atoms with Gasteiger partial charge in [-0.25, -0.2) is 8.42 Å². The van der Waals surface area contributed by atoms with Crippen LogP contribution in [0.15, 0.2) is 65.6 Å². The van der Waals surface area contributed by atoms with E-state index < -0.39 is 28.5 Å². The van der Waals surface area contributed by atoms with Gasteiger partial charge in [0.25, 0.3) is 10.0 Å². The highest BCUT2D eigenvalue weighted by Gasteiger charge is 2.35. The van der Waals surface area contributed by atoms with Gasteiger partial charge < -0.3 is 29.2 Å². The molecule has 0 aromatic heterocycles. The molecule has 0 bridgehead atoms. The van der Waals surface area contributed by atoms with Gasteiger partial charge in [-0.15, -0.1) is 0 Å². The van der Waals surface area contributed by atoms with E-state index in [0.717, 1.165) is 36.4 Å². The molecule has 254 valence electrons. The van der Waals surface area contributed by atoms with E-state index in [2.05, 4.69) is 5.32 Å². The minimum Gasteiger partial charge on any atom is -0.497 e. The number of carbonyl (C=O) groups excluding carboxylic acids is 2. The van der Waals surface area contributed by atoms with Gasteiger partial charge in [-0.3, -0.25) is 13.9 Å². The Morgan fingerprint density at radius 1 is 0.851 bits per heavy atom. The summed E-state index contributed by atoms with van der Waals surface area (Å²) in [6.45, 7) is 1.02. The first kappa shape index (κ1) is 35.7. The smallest absolute Gasteiger partial charge is 0.265 e. The predicted molar refractivity (Wildman–Crippen MR) is 180 cm³/mol. The summed E-state index contributed by atoms with van der Waals surface area (Å²) in [4.78, 5) is 29.2. The number of hydrogen-bond donors (Lipinski definition) is 1. The monoisotopic (exact) mass is 687 g/mol. The molecule has 3 aromatic rings. The molecular formula is C34H42ClN3O8S. The van der Waals surface area contributed by atoms with Crippen molar-refractivity contribution in [3.05, 3.63) is 71.2 Å². The molecular weight excluding hydrogens is 646 g/mol. The molecule has 11 nitrogen and oxygen atoms in total. The Balaban J connectivity index is 1.78. The van der Waals surface area contributed by atoms with E-state index in [9.17, 15) is 18.0 Å². The lowest BCUT2D eigenvalue weighted by atomic mass is 9.95. The normalized spacial score (nSPS) is 14.1. The maximum atomic E-state index is 14.5. The molecule has 4 rings (SSSR count).